The lowest BCUT2D eigenvalue weighted by molar-refractivity contribution is -0.143. The van der Waals surface area contributed by atoms with Crippen LogP contribution in [0.4, 0.5) is 0 Å². The first-order valence-corrected chi connectivity index (χ1v) is 19.2. The number of nitrogens with one attached hydrogen (secondary N) is 10. The van der Waals surface area contributed by atoms with E-state index in [0.29, 0.717) is 22.8 Å². The summed E-state index contributed by atoms with van der Waals surface area (Å²) in [5.41, 5.74) is 7.24. The van der Waals surface area contributed by atoms with E-state index in [4.69, 9.17) is 10.8 Å². The summed E-state index contributed by atoms with van der Waals surface area (Å²) in [6.07, 6.45) is 7.43. The lowest BCUT2D eigenvalue weighted by Crippen LogP contribution is -2.62. The van der Waals surface area contributed by atoms with Crippen LogP contribution >= 0.6 is 0 Å². The molecule has 16 N–H and O–H groups in total. The number of aromatic nitrogens is 8. The van der Waals surface area contributed by atoms with E-state index in [1.807, 2.05) is 0 Å². The molecular weight excluding hydrogens is 834 g/mol. The lowest BCUT2D eigenvalue weighted by atomic mass is 10.1. The van der Waals surface area contributed by atoms with Gasteiger partial charge in [-0.2, -0.15) is 0 Å². The van der Waals surface area contributed by atoms with Crippen molar-refractivity contribution in [2.45, 2.75) is 93.8 Å². The number of hydrogen-bond acceptors (Lipinski definition) is 15. The summed E-state index contributed by atoms with van der Waals surface area (Å²) < 4.78 is 0. The number of rotatable bonds is 26. The van der Waals surface area contributed by atoms with Gasteiger partial charge in [-0.05, 0) is 13.3 Å². The fraction of sp³-hybridized carbons (Fsp3) is 0.444. The van der Waals surface area contributed by atoms with Gasteiger partial charge < -0.3 is 78.0 Å². The Bertz CT molecular complexity index is 2110. The van der Waals surface area contributed by atoms with Crippen molar-refractivity contribution in [3.05, 3.63) is 72.9 Å². The molecular formula is C36H49N15O12. The second-order valence-corrected chi connectivity index (χ2v) is 14.2. The average molecular weight is 884 g/mol. The van der Waals surface area contributed by atoms with Crippen LogP contribution in [0.25, 0.3) is 0 Å². The normalized spacial score (nSPS) is 14.9. The molecule has 0 aliphatic rings. The Morgan fingerprint density at radius 1 is 0.556 bits per heavy atom. The van der Waals surface area contributed by atoms with Gasteiger partial charge in [0.2, 0.25) is 35.4 Å². The largest absolute Gasteiger partial charge is 0.481 e. The van der Waals surface area contributed by atoms with Crippen molar-refractivity contribution in [2.75, 3.05) is 6.61 Å². The zero-order chi connectivity index (χ0) is 46.1. The van der Waals surface area contributed by atoms with E-state index in [0.717, 1.165) is 0 Å². The van der Waals surface area contributed by atoms with E-state index in [9.17, 15) is 53.7 Å². The van der Waals surface area contributed by atoms with Crippen molar-refractivity contribution < 1.29 is 58.8 Å². The molecule has 0 unspecified atom stereocenters. The maximum absolute atomic E-state index is 14.0. The number of aromatic amines is 4. The Morgan fingerprint density at radius 3 is 1.25 bits per heavy atom. The lowest BCUT2D eigenvalue weighted by Gasteiger charge is -2.27. The summed E-state index contributed by atoms with van der Waals surface area (Å²) in [7, 11) is 0. The maximum atomic E-state index is 14.0. The van der Waals surface area contributed by atoms with E-state index in [-0.39, 0.29) is 32.1 Å². The van der Waals surface area contributed by atoms with Crippen LogP contribution in [-0.2, 0) is 64.0 Å². The average Bonchev–Trinajstić information content (AvgIpc) is 4.10. The molecule has 4 aromatic rings. The van der Waals surface area contributed by atoms with Crippen LogP contribution in [0.2, 0.25) is 0 Å². The second kappa shape index (κ2) is 23.5. The molecule has 0 radical (unpaired) electrons. The molecule has 0 saturated carbocycles. The maximum Gasteiger partial charge on any atom is 0.326 e. The Morgan fingerprint density at radius 2 is 0.905 bits per heavy atom. The molecule has 0 aromatic carbocycles. The number of imidazole rings is 4. The number of hydrogen-bond donors (Lipinski definition) is 15. The highest BCUT2D eigenvalue weighted by Crippen LogP contribution is 2.08. The number of carbonyl (C=O) groups excluding carboxylic acids is 6. The monoisotopic (exact) mass is 883 g/mol. The highest BCUT2D eigenvalue weighted by Gasteiger charge is 2.35. The van der Waals surface area contributed by atoms with Crippen LogP contribution in [0.1, 0.15) is 42.5 Å². The first-order chi connectivity index (χ1) is 30.0. The van der Waals surface area contributed by atoms with E-state index >= 15 is 0 Å². The van der Waals surface area contributed by atoms with Gasteiger partial charge in [0.1, 0.15) is 36.3 Å². The summed E-state index contributed by atoms with van der Waals surface area (Å²) >= 11 is 0. The molecule has 4 rings (SSSR count). The van der Waals surface area contributed by atoms with Crippen molar-refractivity contribution in [3.8, 4) is 0 Å². The zero-order valence-corrected chi connectivity index (χ0v) is 33.6. The second-order valence-electron chi connectivity index (χ2n) is 14.2. The Hall–Kier alpha value is -7.52. The number of amides is 6. The van der Waals surface area contributed by atoms with E-state index in [2.05, 4.69) is 71.8 Å². The first-order valence-electron chi connectivity index (χ1n) is 19.2. The zero-order valence-electron chi connectivity index (χ0n) is 33.6. The third-order valence-electron chi connectivity index (χ3n) is 9.31. The van der Waals surface area contributed by atoms with E-state index in [1.54, 1.807) is 0 Å². The van der Waals surface area contributed by atoms with Gasteiger partial charge in [0.05, 0.1) is 44.1 Å². The minimum Gasteiger partial charge on any atom is -0.481 e. The molecule has 27 nitrogen and oxygen atoms in total. The van der Waals surface area contributed by atoms with Gasteiger partial charge in [0, 0.05) is 79.7 Å². The number of carboxylic acid groups (broad SMARTS) is 2. The molecule has 27 heteroatoms. The molecule has 0 fully saturated rings. The molecule has 63 heavy (non-hydrogen) atoms. The van der Waals surface area contributed by atoms with Gasteiger partial charge in [-0.15, -0.1) is 0 Å². The summed E-state index contributed by atoms with van der Waals surface area (Å²) in [5.74, 6) is -8.61. The van der Waals surface area contributed by atoms with Gasteiger partial charge in [-0.25, -0.2) is 24.7 Å². The fourth-order valence-corrected chi connectivity index (χ4v) is 5.91. The van der Waals surface area contributed by atoms with Gasteiger partial charge in [0.15, 0.2) is 0 Å². The Kier molecular flexibility index (Phi) is 17.9. The topological polar surface area (TPSA) is 430 Å². The van der Waals surface area contributed by atoms with E-state index in [1.165, 1.54) is 57.0 Å². The number of nitrogens with zero attached hydrogens (tertiary/aromatic N) is 4. The Labute approximate surface area is 356 Å². The smallest absolute Gasteiger partial charge is 0.326 e. The molecule has 0 aliphatic carbocycles. The van der Waals surface area contributed by atoms with Gasteiger partial charge in [-0.1, -0.05) is 0 Å². The minimum atomic E-state index is -1.73. The third-order valence-corrected chi connectivity index (χ3v) is 9.31. The minimum absolute atomic E-state index is 0.198. The van der Waals surface area contributed by atoms with Crippen LogP contribution in [0, 0.1) is 0 Å². The van der Waals surface area contributed by atoms with Crippen molar-refractivity contribution in [2.24, 2.45) is 5.73 Å². The highest BCUT2D eigenvalue weighted by atomic mass is 16.4. The van der Waals surface area contributed by atoms with Crippen LogP contribution in [0.15, 0.2) is 50.1 Å². The standard InChI is InChI=1S/C36H49N15O12/c1-17(53)29(35(61)49-26(36(62)63)7-21-11-41-16-45-21)51-33(59)25(6-20-10-40-15-44-20)47-31(57)24(5-19-9-39-14-43-19)48-34(60)27(12-52)50-32(58)23(4-18-8-38-13-42-18)46-30(56)22(37)2-3-28(54)55/h8-11,13-17,22-27,29,52-53H,2-7,12,37H2,1H3,(H,38,42)(H,39,43)(H,40,44)(H,41,45)(H,46,56)(H,47,57)(H,48,60)(H,49,61)(H,50,58)(H,51,59)(H,54,55)(H,62,63)/t17-,22+,23+,24+,25+,26+,27+,29+/m1/s1. The fourth-order valence-electron chi connectivity index (χ4n) is 5.91. The molecule has 0 bridgehead atoms. The first kappa shape index (κ1) is 48.1. The third kappa shape index (κ3) is 15.2. The summed E-state index contributed by atoms with van der Waals surface area (Å²) in [6, 6.07) is -10.7. The van der Waals surface area contributed by atoms with Gasteiger partial charge >= 0.3 is 11.9 Å². The molecule has 0 aliphatic heterocycles. The number of nitrogens with two attached hydrogens (primary N) is 1. The summed E-state index contributed by atoms with van der Waals surface area (Å²) in [6.45, 7) is 0.173. The number of aliphatic hydroxyl groups excluding tert-OH is 2. The van der Waals surface area contributed by atoms with Crippen molar-refractivity contribution in [1.82, 2.24) is 71.8 Å². The number of carboxylic acids is 2. The van der Waals surface area contributed by atoms with Crippen molar-refractivity contribution in [3.63, 3.8) is 0 Å². The van der Waals surface area contributed by atoms with Crippen LogP contribution in [0.5, 0.6) is 0 Å². The van der Waals surface area contributed by atoms with Crippen molar-refractivity contribution in [1.29, 1.82) is 0 Å². The molecule has 4 aromatic heterocycles. The van der Waals surface area contributed by atoms with Crippen LogP contribution in [0.3, 0.4) is 0 Å². The quantitative estimate of drug-likeness (QED) is 0.0280. The summed E-state index contributed by atoms with van der Waals surface area (Å²) in [4.78, 5) is 131. The SMILES string of the molecule is C[C@@H](O)[C@H](NC(=O)[C@H](Cc1cnc[nH]1)NC(=O)[C@H](Cc1cnc[nH]1)NC(=O)[C@H](CO)NC(=O)[C@H](Cc1cnc[nH]1)NC(=O)[C@@H](N)CCC(=O)O)C(=O)N[C@@H](Cc1cnc[nH]1)C(=O)O. The molecule has 8 atom stereocenters. The summed E-state index contributed by atoms with van der Waals surface area (Å²) in [5, 5.41) is 53.8. The highest BCUT2D eigenvalue weighted by molar-refractivity contribution is 5.97. The Balaban J connectivity index is 1.52. The number of aliphatic carboxylic acids is 2. The predicted molar refractivity (Wildman–Crippen MR) is 212 cm³/mol. The number of aliphatic hydroxyl groups is 2. The number of carbonyl (C=O) groups is 8. The molecule has 0 saturated heterocycles. The van der Waals surface area contributed by atoms with E-state index < -0.39 is 109 Å². The van der Waals surface area contributed by atoms with Crippen LogP contribution < -0.4 is 37.6 Å². The van der Waals surface area contributed by atoms with Gasteiger partial charge in [0.25, 0.3) is 0 Å². The van der Waals surface area contributed by atoms with Crippen molar-refractivity contribution >= 4 is 47.4 Å². The molecule has 6 amide bonds. The molecule has 4 heterocycles. The van der Waals surface area contributed by atoms with Gasteiger partial charge in [-0.3, -0.25) is 33.6 Å². The number of H-pyrrole nitrogens is 4. The van der Waals surface area contributed by atoms with Crippen LogP contribution in [-0.4, -0.2) is 163 Å². The molecule has 340 valence electrons. The molecule has 0 spiro atoms. The predicted octanol–water partition coefficient (Wildman–Crippen LogP) is -5.59.